The van der Waals surface area contributed by atoms with Crippen LogP contribution in [0.25, 0.3) is 22.3 Å². The van der Waals surface area contributed by atoms with Gasteiger partial charge in [0.05, 0.1) is 36.1 Å². The fourth-order valence-electron chi connectivity index (χ4n) is 2.50. The summed E-state index contributed by atoms with van der Waals surface area (Å²) in [7, 11) is 1.50. The molecule has 0 atom stereocenters. The second-order valence-electron chi connectivity index (χ2n) is 5.45. The van der Waals surface area contributed by atoms with Crippen molar-refractivity contribution in [2.24, 2.45) is 0 Å². The highest BCUT2D eigenvalue weighted by molar-refractivity contribution is 6.34. The molecule has 0 unspecified atom stereocenters. The van der Waals surface area contributed by atoms with Gasteiger partial charge in [0.1, 0.15) is 17.3 Å². The Morgan fingerprint density at radius 3 is 2.77 bits per heavy atom. The maximum Gasteiger partial charge on any atom is 0.306 e. The van der Waals surface area contributed by atoms with Crippen LogP contribution >= 0.6 is 11.6 Å². The van der Waals surface area contributed by atoms with Crippen molar-refractivity contribution in [3.63, 3.8) is 0 Å². The van der Waals surface area contributed by atoms with Gasteiger partial charge >= 0.3 is 5.97 Å². The molecule has 1 aromatic heterocycles. The fourth-order valence-corrected chi connectivity index (χ4v) is 2.71. The molecule has 0 aliphatic rings. The van der Waals surface area contributed by atoms with Gasteiger partial charge in [-0.05, 0) is 30.3 Å². The first-order valence-corrected chi connectivity index (χ1v) is 8.13. The van der Waals surface area contributed by atoms with Crippen molar-refractivity contribution >= 4 is 28.5 Å². The molecular formula is C19H15ClO6. The molecule has 0 fully saturated rings. The van der Waals surface area contributed by atoms with Crippen LogP contribution in [0.5, 0.6) is 11.5 Å². The molecule has 26 heavy (non-hydrogen) atoms. The number of ether oxygens (including phenoxy) is 2. The first-order valence-electron chi connectivity index (χ1n) is 7.75. The lowest BCUT2D eigenvalue weighted by atomic mass is 10.1. The number of halogens is 1. The van der Waals surface area contributed by atoms with Gasteiger partial charge < -0.3 is 19.0 Å². The second-order valence-corrected chi connectivity index (χ2v) is 5.85. The lowest BCUT2D eigenvalue weighted by Crippen LogP contribution is -2.05. The number of benzene rings is 2. The van der Waals surface area contributed by atoms with Gasteiger partial charge in [-0.2, -0.15) is 0 Å². The van der Waals surface area contributed by atoms with E-state index in [9.17, 15) is 9.59 Å². The monoisotopic (exact) mass is 374 g/mol. The number of aliphatic carboxylic acids is 1. The summed E-state index contributed by atoms with van der Waals surface area (Å²) in [5.74, 6) is 0.235. The zero-order valence-corrected chi connectivity index (χ0v) is 14.6. The maximum atomic E-state index is 12.4. The van der Waals surface area contributed by atoms with E-state index in [4.69, 9.17) is 30.6 Å². The van der Waals surface area contributed by atoms with Crippen molar-refractivity contribution in [3.05, 3.63) is 57.7 Å². The molecule has 0 bridgehead atoms. The Hall–Kier alpha value is -2.99. The standard InChI is InChI=1S/C19H15ClO6/c1-24-16-6-5-11(25-8-7-18(22)23)9-13(16)17-10-15(21)12-3-2-4-14(20)19(12)26-17/h2-6,9-10H,7-8H2,1H3,(H,22,23). The molecule has 0 saturated carbocycles. The number of para-hydroxylation sites is 1. The maximum absolute atomic E-state index is 12.4. The molecule has 6 nitrogen and oxygen atoms in total. The van der Waals surface area contributed by atoms with Crippen molar-refractivity contribution in [3.8, 4) is 22.8 Å². The molecule has 7 heteroatoms. The van der Waals surface area contributed by atoms with Crippen LogP contribution < -0.4 is 14.9 Å². The molecule has 134 valence electrons. The van der Waals surface area contributed by atoms with E-state index in [-0.39, 0.29) is 29.8 Å². The Balaban J connectivity index is 2.07. The van der Waals surface area contributed by atoms with Crippen LogP contribution in [0.15, 0.2) is 51.7 Å². The summed E-state index contributed by atoms with van der Waals surface area (Å²) in [5, 5.41) is 9.41. The Morgan fingerprint density at radius 2 is 2.04 bits per heavy atom. The minimum Gasteiger partial charge on any atom is -0.496 e. The third-order valence-electron chi connectivity index (χ3n) is 3.73. The van der Waals surface area contributed by atoms with Crippen LogP contribution in [0.2, 0.25) is 5.02 Å². The Bertz CT molecular complexity index is 1020. The third kappa shape index (κ3) is 3.65. The second kappa shape index (κ2) is 7.49. The van der Waals surface area contributed by atoms with Crippen LogP contribution in [-0.4, -0.2) is 24.8 Å². The smallest absolute Gasteiger partial charge is 0.306 e. The summed E-state index contributed by atoms with van der Waals surface area (Å²) < 4.78 is 16.6. The van der Waals surface area contributed by atoms with Gasteiger partial charge in [0, 0.05) is 6.07 Å². The summed E-state index contributed by atoms with van der Waals surface area (Å²) in [5.41, 5.74) is 0.554. The van der Waals surface area contributed by atoms with Gasteiger partial charge in [0.2, 0.25) is 0 Å². The summed E-state index contributed by atoms with van der Waals surface area (Å²) in [6, 6.07) is 11.2. The van der Waals surface area contributed by atoms with Gasteiger partial charge in [-0.3, -0.25) is 9.59 Å². The Labute approximate surface area is 153 Å². The van der Waals surface area contributed by atoms with Crippen LogP contribution in [0.3, 0.4) is 0 Å². The lowest BCUT2D eigenvalue weighted by molar-refractivity contribution is -0.137. The van der Waals surface area contributed by atoms with Crippen molar-refractivity contribution in [1.82, 2.24) is 0 Å². The van der Waals surface area contributed by atoms with Crippen molar-refractivity contribution in [1.29, 1.82) is 0 Å². The topological polar surface area (TPSA) is 86.0 Å². The third-order valence-corrected chi connectivity index (χ3v) is 4.03. The van der Waals surface area contributed by atoms with E-state index in [0.29, 0.717) is 27.5 Å². The summed E-state index contributed by atoms with van der Waals surface area (Å²) in [6.45, 7) is 0.0224. The first-order chi connectivity index (χ1) is 12.5. The zero-order valence-electron chi connectivity index (χ0n) is 13.8. The molecule has 0 aliphatic heterocycles. The van der Waals surface area contributed by atoms with Gasteiger partial charge in [-0.15, -0.1) is 0 Å². The molecule has 0 spiro atoms. The normalized spacial score (nSPS) is 10.7. The molecule has 1 N–H and O–H groups in total. The number of hydrogen-bond donors (Lipinski definition) is 1. The van der Waals surface area contributed by atoms with Crippen molar-refractivity contribution in [2.45, 2.75) is 6.42 Å². The number of rotatable bonds is 6. The van der Waals surface area contributed by atoms with E-state index in [1.54, 1.807) is 36.4 Å². The highest BCUT2D eigenvalue weighted by Gasteiger charge is 2.14. The molecule has 2 aromatic carbocycles. The molecule has 0 radical (unpaired) electrons. The molecule has 3 aromatic rings. The number of methoxy groups -OCH3 is 1. The predicted octanol–water partition coefficient (Wildman–Crippen LogP) is 3.98. The number of carboxylic acids is 1. The van der Waals surface area contributed by atoms with Gasteiger partial charge in [-0.1, -0.05) is 17.7 Å². The van der Waals surface area contributed by atoms with E-state index in [1.165, 1.54) is 13.2 Å². The first kappa shape index (κ1) is 17.8. The van der Waals surface area contributed by atoms with Crippen LogP contribution in [-0.2, 0) is 4.79 Å². The average Bonchev–Trinajstić information content (AvgIpc) is 2.62. The minimum absolute atomic E-state index is 0.0224. The predicted molar refractivity (Wildman–Crippen MR) is 97.2 cm³/mol. The highest BCUT2D eigenvalue weighted by atomic mass is 35.5. The van der Waals surface area contributed by atoms with Crippen LogP contribution in [0.4, 0.5) is 0 Å². The quantitative estimate of drug-likeness (QED) is 0.702. The number of hydrogen-bond acceptors (Lipinski definition) is 5. The molecular weight excluding hydrogens is 360 g/mol. The SMILES string of the molecule is COc1ccc(OCCC(=O)O)cc1-c1cc(=O)c2cccc(Cl)c2o1. The molecule has 0 saturated heterocycles. The van der Waals surface area contributed by atoms with Gasteiger partial charge in [-0.25, -0.2) is 0 Å². The summed E-state index contributed by atoms with van der Waals surface area (Å²) >= 11 is 6.15. The highest BCUT2D eigenvalue weighted by Crippen LogP contribution is 2.35. The van der Waals surface area contributed by atoms with Gasteiger partial charge in [0.15, 0.2) is 11.0 Å². The zero-order chi connectivity index (χ0) is 18.7. The number of carboxylic acid groups (broad SMARTS) is 1. The van der Waals surface area contributed by atoms with E-state index in [1.807, 2.05) is 0 Å². The minimum atomic E-state index is -0.950. The van der Waals surface area contributed by atoms with E-state index in [2.05, 4.69) is 0 Å². The molecule has 0 aliphatic carbocycles. The average molecular weight is 375 g/mol. The van der Waals surface area contributed by atoms with E-state index < -0.39 is 5.97 Å². The van der Waals surface area contributed by atoms with Gasteiger partial charge in [0.25, 0.3) is 0 Å². The number of carbonyl (C=O) groups is 1. The largest absolute Gasteiger partial charge is 0.496 e. The molecule has 1 heterocycles. The van der Waals surface area contributed by atoms with E-state index in [0.717, 1.165) is 0 Å². The van der Waals surface area contributed by atoms with Crippen LogP contribution in [0.1, 0.15) is 6.42 Å². The molecule has 0 amide bonds. The fraction of sp³-hybridized carbons (Fsp3) is 0.158. The van der Waals surface area contributed by atoms with Crippen LogP contribution in [0, 0.1) is 0 Å². The van der Waals surface area contributed by atoms with E-state index >= 15 is 0 Å². The van der Waals surface area contributed by atoms with Crippen molar-refractivity contribution in [2.75, 3.05) is 13.7 Å². The number of fused-ring (bicyclic) bond motifs is 1. The molecule has 3 rings (SSSR count). The lowest BCUT2D eigenvalue weighted by Gasteiger charge is -2.12. The summed E-state index contributed by atoms with van der Waals surface area (Å²) in [6.07, 6.45) is -0.123. The van der Waals surface area contributed by atoms with Crippen molar-refractivity contribution < 1.29 is 23.8 Å². The Kier molecular flexibility index (Phi) is 5.14. The Morgan fingerprint density at radius 1 is 1.23 bits per heavy atom. The summed E-state index contributed by atoms with van der Waals surface area (Å²) in [4.78, 5) is 23.0.